The van der Waals surface area contributed by atoms with E-state index in [2.05, 4.69) is 33.0 Å². The first-order chi connectivity index (χ1) is 7.84. The van der Waals surface area contributed by atoms with Crippen LogP contribution in [0.3, 0.4) is 0 Å². The SMILES string of the molecule is CC(Nc1nccn1C1CC1)c1nccs1. The van der Waals surface area contributed by atoms with Crippen LogP contribution in [0.1, 0.15) is 36.9 Å². The number of aromatic nitrogens is 3. The average molecular weight is 234 g/mol. The Bertz CT molecular complexity index is 458. The molecular weight excluding hydrogens is 220 g/mol. The lowest BCUT2D eigenvalue weighted by Crippen LogP contribution is -2.10. The molecule has 0 bridgehead atoms. The van der Waals surface area contributed by atoms with E-state index in [0.29, 0.717) is 6.04 Å². The quantitative estimate of drug-likeness (QED) is 0.884. The highest BCUT2D eigenvalue weighted by atomic mass is 32.1. The maximum atomic E-state index is 4.36. The second kappa shape index (κ2) is 3.90. The van der Waals surface area contributed by atoms with E-state index < -0.39 is 0 Å². The van der Waals surface area contributed by atoms with E-state index in [4.69, 9.17) is 0 Å². The highest BCUT2D eigenvalue weighted by Crippen LogP contribution is 2.37. The average Bonchev–Trinajstić information content (AvgIpc) is 2.83. The van der Waals surface area contributed by atoms with Gasteiger partial charge in [-0.25, -0.2) is 9.97 Å². The highest BCUT2D eigenvalue weighted by Gasteiger charge is 2.26. The zero-order chi connectivity index (χ0) is 11.0. The molecule has 84 valence electrons. The Labute approximate surface area is 98.4 Å². The molecule has 3 rings (SSSR count). The molecule has 0 saturated heterocycles. The van der Waals surface area contributed by atoms with E-state index in [1.807, 2.05) is 17.8 Å². The zero-order valence-corrected chi connectivity index (χ0v) is 9.94. The van der Waals surface area contributed by atoms with Crippen LogP contribution in [0.4, 0.5) is 5.95 Å². The predicted molar refractivity (Wildman–Crippen MR) is 64.6 cm³/mol. The molecule has 0 spiro atoms. The normalized spacial score (nSPS) is 17.3. The molecule has 0 radical (unpaired) electrons. The third kappa shape index (κ3) is 1.82. The van der Waals surface area contributed by atoms with Gasteiger partial charge in [0, 0.05) is 30.0 Å². The van der Waals surface area contributed by atoms with Gasteiger partial charge in [0.1, 0.15) is 5.01 Å². The number of hydrogen-bond acceptors (Lipinski definition) is 4. The van der Waals surface area contributed by atoms with Gasteiger partial charge in [0.05, 0.1) is 6.04 Å². The molecule has 1 fully saturated rings. The van der Waals surface area contributed by atoms with Gasteiger partial charge in [-0.15, -0.1) is 11.3 Å². The lowest BCUT2D eigenvalue weighted by Gasteiger charge is -2.13. The van der Waals surface area contributed by atoms with E-state index in [1.54, 1.807) is 11.3 Å². The fourth-order valence-electron chi connectivity index (χ4n) is 1.78. The van der Waals surface area contributed by atoms with Crippen LogP contribution in [0.15, 0.2) is 24.0 Å². The smallest absolute Gasteiger partial charge is 0.203 e. The van der Waals surface area contributed by atoms with Crippen LogP contribution in [-0.2, 0) is 0 Å². The Kier molecular flexibility index (Phi) is 2.40. The zero-order valence-electron chi connectivity index (χ0n) is 9.13. The van der Waals surface area contributed by atoms with Crippen molar-refractivity contribution < 1.29 is 0 Å². The van der Waals surface area contributed by atoms with Gasteiger partial charge in [-0.05, 0) is 19.8 Å². The van der Waals surface area contributed by atoms with Crippen LogP contribution in [0, 0.1) is 0 Å². The molecule has 5 heteroatoms. The molecule has 2 heterocycles. The number of nitrogens with zero attached hydrogens (tertiary/aromatic N) is 3. The van der Waals surface area contributed by atoms with E-state index in [-0.39, 0.29) is 6.04 Å². The summed E-state index contributed by atoms with van der Waals surface area (Å²) in [4.78, 5) is 8.66. The van der Waals surface area contributed by atoms with E-state index in [9.17, 15) is 0 Å². The Morgan fingerprint density at radius 3 is 3.00 bits per heavy atom. The molecule has 1 unspecified atom stereocenters. The molecule has 2 aromatic heterocycles. The molecule has 0 aromatic carbocycles. The Morgan fingerprint density at radius 1 is 1.44 bits per heavy atom. The third-order valence-corrected chi connectivity index (χ3v) is 3.73. The first kappa shape index (κ1) is 9.84. The van der Waals surface area contributed by atoms with E-state index in [0.717, 1.165) is 11.0 Å². The summed E-state index contributed by atoms with van der Waals surface area (Å²) < 4.78 is 2.23. The van der Waals surface area contributed by atoms with Gasteiger partial charge in [0.2, 0.25) is 5.95 Å². The first-order valence-electron chi connectivity index (χ1n) is 5.53. The monoisotopic (exact) mass is 234 g/mol. The first-order valence-corrected chi connectivity index (χ1v) is 6.41. The minimum absolute atomic E-state index is 0.222. The molecule has 1 aliphatic carbocycles. The van der Waals surface area contributed by atoms with Gasteiger partial charge < -0.3 is 9.88 Å². The summed E-state index contributed by atoms with van der Waals surface area (Å²) in [5.74, 6) is 0.963. The summed E-state index contributed by atoms with van der Waals surface area (Å²) in [5.41, 5.74) is 0. The molecular formula is C11H14N4S. The molecule has 1 saturated carbocycles. The van der Waals surface area contributed by atoms with Crippen LogP contribution in [0.5, 0.6) is 0 Å². The minimum atomic E-state index is 0.222. The molecule has 2 aromatic rings. The summed E-state index contributed by atoms with van der Waals surface area (Å²) >= 11 is 1.67. The molecule has 4 nitrogen and oxygen atoms in total. The van der Waals surface area contributed by atoms with Crippen molar-refractivity contribution in [3.8, 4) is 0 Å². The maximum absolute atomic E-state index is 4.36. The minimum Gasteiger partial charge on any atom is -0.347 e. The summed E-state index contributed by atoms with van der Waals surface area (Å²) in [6, 6.07) is 0.883. The molecule has 16 heavy (non-hydrogen) atoms. The van der Waals surface area contributed by atoms with Crippen molar-refractivity contribution in [1.82, 2.24) is 14.5 Å². The van der Waals surface area contributed by atoms with E-state index >= 15 is 0 Å². The lowest BCUT2D eigenvalue weighted by molar-refractivity contribution is 0.726. The van der Waals surface area contributed by atoms with Crippen LogP contribution in [0.2, 0.25) is 0 Å². The molecule has 1 atom stereocenters. The number of hydrogen-bond donors (Lipinski definition) is 1. The van der Waals surface area contributed by atoms with Gasteiger partial charge in [0.15, 0.2) is 0 Å². The van der Waals surface area contributed by atoms with Gasteiger partial charge in [-0.1, -0.05) is 0 Å². The van der Waals surface area contributed by atoms with Crippen molar-refractivity contribution >= 4 is 17.3 Å². The number of anilines is 1. The van der Waals surface area contributed by atoms with Crippen LogP contribution in [0.25, 0.3) is 0 Å². The highest BCUT2D eigenvalue weighted by molar-refractivity contribution is 7.09. The van der Waals surface area contributed by atoms with Crippen LogP contribution in [-0.4, -0.2) is 14.5 Å². The van der Waals surface area contributed by atoms with Crippen molar-refractivity contribution in [2.24, 2.45) is 0 Å². The van der Waals surface area contributed by atoms with Gasteiger partial charge >= 0.3 is 0 Å². The topological polar surface area (TPSA) is 42.7 Å². The number of thiazole rings is 1. The van der Waals surface area contributed by atoms with Gasteiger partial charge in [0.25, 0.3) is 0 Å². The van der Waals surface area contributed by atoms with Crippen molar-refractivity contribution in [2.75, 3.05) is 5.32 Å². The van der Waals surface area contributed by atoms with Crippen LogP contribution >= 0.6 is 11.3 Å². The summed E-state index contributed by atoms with van der Waals surface area (Å²) in [5, 5.41) is 6.52. The van der Waals surface area contributed by atoms with Crippen LogP contribution < -0.4 is 5.32 Å². The lowest BCUT2D eigenvalue weighted by atomic mass is 10.4. The number of nitrogens with one attached hydrogen (secondary N) is 1. The van der Waals surface area contributed by atoms with Gasteiger partial charge in [-0.2, -0.15) is 0 Å². The maximum Gasteiger partial charge on any atom is 0.203 e. The van der Waals surface area contributed by atoms with Crippen molar-refractivity contribution in [1.29, 1.82) is 0 Å². The number of imidazole rings is 1. The van der Waals surface area contributed by atoms with Crippen molar-refractivity contribution in [3.63, 3.8) is 0 Å². The second-order valence-electron chi connectivity index (χ2n) is 4.13. The predicted octanol–water partition coefficient (Wildman–Crippen LogP) is 2.85. The third-order valence-electron chi connectivity index (χ3n) is 2.78. The summed E-state index contributed by atoms with van der Waals surface area (Å²) in [6.45, 7) is 2.12. The second-order valence-corrected chi connectivity index (χ2v) is 5.05. The Balaban J connectivity index is 1.76. The standard InChI is InChI=1S/C11H14N4S/c1-8(10-12-5-7-16-10)14-11-13-4-6-15(11)9-2-3-9/h4-9H,2-3H2,1H3,(H,13,14). The molecule has 1 N–H and O–H groups in total. The summed E-state index contributed by atoms with van der Waals surface area (Å²) in [7, 11) is 0. The number of rotatable bonds is 4. The summed E-state index contributed by atoms with van der Waals surface area (Å²) in [6.07, 6.45) is 8.29. The fourth-order valence-corrected chi connectivity index (χ4v) is 2.42. The van der Waals surface area contributed by atoms with E-state index in [1.165, 1.54) is 12.8 Å². The fraction of sp³-hybridized carbons (Fsp3) is 0.455. The molecule has 0 aliphatic heterocycles. The Hall–Kier alpha value is -1.36. The molecule has 0 amide bonds. The van der Waals surface area contributed by atoms with Crippen molar-refractivity contribution in [3.05, 3.63) is 29.0 Å². The van der Waals surface area contributed by atoms with Crippen molar-refractivity contribution in [2.45, 2.75) is 31.8 Å². The Morgan fingerprint density at radius 2 is 2.31 bits per heavy atom. The largest absolute Gasteiger partial charge is 0.347 e. The van der Waals surface area contributed by atoms with Gasteiger partial charge in [-0.3, -0.25) is 0 Å². The molecule has 1 aliphatic rings.